The number of hydrogen-bond donors (Lipinski definition) is 0. The van der Waals surface area contributed by atoms with E-state index in [-0.39, 0.29) is 6.23 Å². The van der Waals surface area contributed by atoms with Crippen molar-refractivity contribution in [3.63, 3.8) is 0 Å². The highest BCUT2D eigenvalue weighted by Crippen LogP contribution is 2.32. The average molecular weight is 550 g/mol. The summed E-state index contributed by atoms with van der Waals surface area (Å²) in [5, 5.41) is 12.2. The van der Waals surface area contributed by atoms with Gasteiger partial charge in [-0.2, -0.15) is 4.68 Å². The van der Waals surface area contributed by atoms with E-state index in [2.05, 4.69) is 78.3 Å². The molecule has 0 aliphatic carbocycles. The number of aromatic nitrogens is 7. The maximum absolute atomic E-state index is 13.4. The van der Waals surface area contributed by atoms with Crippen molar-refractivity contribution in [2.45, 2.75) is 39.7 Å². The van der Waals surface area contributed by atoms with Gasteiger partial charge in [-0.05, 0) is 56.0 Å². The van der Waals surface area contributed by atoms with Gasteiger partial charge < -0.3 is 9.30 Å². The second-order valence-electron chi connectivity index (χ2n) is 8.39. The molecule has 3 aromatic heterocycles. The minimum Gasteiger partial charge on any atom is -0.360 e. The average Bonchev–Trinajstić information content (AvgIpc) is 3.53. The lowest BCUT2D eigenvalue weighted by Gasteiger charge is -2.14. The Kier molecular flexibility index (Phi) is 6.88. The zero-order valence-electron chi connectivity index (χ0n) is 20.2. The molecular formula is C26H25BrFN7O. The van der Waals surface area contributed by atoms with Crippen LogP contribution in [0.1, 0.15) is 37.2 Å². The molecule has 0 fully saturated rings. The topological polar surface area (TPSA) is 83.5 Å². The first-order chi connectivity index (χ1) is 17.5. The predicted octanol–water partition coefficient (Wildman–Crippen LogP) is 5.76. The summed E-state index contributed by atoms with van der Waals surface area (Å²) in [6, 6.07) is 18.2. The molecule has 184 valence electrons. The van der Waals surface area contributed by atoms with Gasteiger partial charge in [0, 0.05) is 23.6 Å². The lowest BCUT2D eigenvalue weighted by molar-refractivity contribution is 0.0500. The molecule has 0 radical (unpaired) electrons. The highest BCUT2D eigenvalue weighted by atomic mass is 79.9. The first kappa shape index (κ1) is 24.2. The first-order valence-electron chi connectivity index (χ1n) is 11.6. The molecule has 5 rings (SSSR count). The maximum Gasteiger partial charge on any atom is 0.185 e. The van der Waals surface area contributed by atoms with Crippen LogP contribution in [-0.2, 0) is 24.4 Å². The number of halogens is 2. The number of imidazole rings is 1. The molecule has 3 heterocycles. The number of aryl methyl sites for hydroxylation is 1. The third kappa shape index (κ3) is 4.42. The molecule has 0 N–H and O–H groups in total. The molecule has 0 bridgehead atoms. The summed E-state index contributed by atoms with van der Waals surface area (Å²) in [7, 11) is 1.63. The number of nitrogens with zero attached hydrogens (tertiary/aromatic N) is 7. The Balaban J connectivity index is 1.49. The SMILES string of the molecule is CCc1nc2cc(Br)c(CF)nc2n1Cc1ccc(-c2ccccc2-c2nnnn2C(C)OC)cc1. The van der Waals surface area contributed by atoms with Crippen LogP contribution in [0, 0.1) is 0 Å². The van der Waals surface area contributed by atoms with E-state index in [0.29, 0.717) is 28.2 Å². The van der Waals surface area contributed by atoms with Gasteiger partial charge in [0.2, 0.25) is 0 Å². The van der Waals surface area contributed by atoms with Crippen molar-refractivity contribution in [1.82, 2.24) is 34.7 Å². The van der Waals surface area contributed by atoms with Crippen molar-refractivity contribution < 1.29 is 9.13 Å². The van der Waals surface area contributed by atoms with Gasteiger partial charge in [-0.1, -0.05) is 55.5 Å². The molecule has 0 aliphatic rings. The number of hydrogen-bond acceptors (Lipinski definition) is 6. The largest absolute Gasteiger partial charge is 0.360 e. The molecule has 8 nitrogen and oxygen atoms in total. The van der Waals surface area contributed by atoms with Gasteiger partial charge in [-0.25, -0.2) is 14.4 Å². The Bertz CT molecular complexity index is 1510. The van der Waals surface area contributed by atoms with Crippen molar-refractivity contribution in [1.29, 1.82) is 0 Å². The van der Waals surface area contributed by atoms with E-state index < -0.39 is 6.67 Å². The number of methoxy groups -OCH3 is 1. The van der Waals surface area contributed by atoms with Gasteiger partial charge in [-0.3, -0.25) is 0 Å². The monoisotopic (exact) mass is 549 g/mol. The van der Waals surface area contributed by atoms with E-state index in [1.807, 2.05) is 31.2 Å². The summed E-state index contributed by atoms with van der Waals surface area (Å²) in [5.41, 5.74) is 5.90. The molecule has 0 amide bonds. The van der Waals surface area contributed by atoms with Gasteiger partial charge in [-0.15, -0.1) is 5.10 Å². The predicted molar refractivity (Wildman–Crippen MR) is 139 cm³/mol. The van der Waals surface area contributed by atoms with Crippen LogP contribution in [-0.4, -0.2) is 41.9 Å². The molecule has 10 heteroatoms. The third-order valence-corrected chi connectivity index (χ3v) is 6.91. The fourth-order valence-electron chi connectivity index (χ4n) is 4.26. The third-order valence-electron chi connectivity index (χ3n) is 6.22. The number of benzene rings is 2. The second kappa shape index (κ2) is 10.2. The minimum absolute atomic E-state index is 0.296. The number of tetrazole rings is 1. The van der Waals surface area contributed by atoms with E-state index in [4.69, 9.17) is 9.72 Å². The molecule has 36 heavy (non-hydrogen) atoms. The van der Waals surface area contributed by atoms with Crippen LogP contribution in [0.25, 0.3) is 33.7 Å². The van der Waals surface area contributed by atoms with E-state index in [9.17, 15) is 4.39 Å². The molecule has 1 unspecified atom stereocenters. The Morgan fingerprint density at radius 3 is 2.50 bits per heavy atom. The Hall–Kier alpha value is -3.50. The zero-order valence-corrected chi connectivity index (χ0v) is 21.8. The molecule has 1 atom stereocenters. The van der Waals surface area contributed by atoms with Crippen molar-refractivity contribution in [3.05, 3.63) is 76.2 Å². The molecule has 0 saturated heterocycles. The number of pyridine rings is 1. The highest BCUT2D eigenvalue weighted by molar-refractivity contribution is 9.10. The lowest BCUT2D eigenvalue weighted by Crippen LogP contribution is -2.11. The lowest BCUT2D eigenvalue weighted by atomic mass is 9.98. The molecule has 0 spiro atoms. The quantitative estimate of drug-likeness (QED) is 0.244. The van der Waals surface area contributed by atoms with Crippen LogP contribution in [0.15, 0.2) is 59.1 Å². The van der Waals surface area contributed by atoms with E-state index in [0.717, 1.165) is 40.0 Å². The summed E-state index contributed by atoms with van der Waals surface area (Å²) in [6.07, 6.45) is 0.453. The molecule has 2 aromatic carbocycles. The highest BCUT2D eigenvalue weighted by Gasteiger charge is 2.18. The number of fused-ring (bicyclic) bond motifs is 1. The molecule has 0 saturated carbocycles. The van der Waals surface area contributed by atoms with E-state index in [1.54, 1.807) is 11.8 Å². The van der Waals surface area contributed by atoms with Crippen LogP contribution in [0.4, 0.5) is 4.39 Å². The van der Waals surface area contributed by atoms with Crippen molar-refractivity contribution in [2.75, 3.05) is 7.11 Å². The number of rotatable bonds is 8. The number of ether oxygens (including phenoxy) is 1. The van der Waals surface area contributed by atoms with E-state index >= 15 is 0 Å². The molecule has 0 aliphatic heterocycles. The summed E-state index contributed by atoms with van der Waals surface area (Å²) in [5.74, 6) is 1.55. The normalized spacial score (nSPS) is 12.4. The summed E-state index contributed by atoms with van der Waals surface area (Å²) >= 11 is 3.39. The Morgan fingerprint density at radius 2 is 1.81 bits per heavy atom. The van der Waals surface area contributed by atoms with Gasteiger partial charge >= 0.3 is 0 Å². The van der Waals surface area contributed by atoms with Crippen LogP contribution in [0.2, 0.25) is 0 Å². The summed E-state index contributed by atoms with van der Waals surface area (Å²) in [6.45, 7) is 3.90. The summed E-state index contributed by atoms with van der Waals surface area (Å²) < 4.78 is 23.2. The van der Waals surface area contributed by atoms with Gasteiger partial charge in [0.05, 0.1) is 12.2 Å². The van der Waals surface area contributed by atoms with Gasteiger partial charge in [0.15, 0.2) is 17.7 Å². The smallest absolute Gasteiger partial charge is 0.185 e. The maximum atomic E-state index is 13.4. The minimum atomic E-state index is -0.635. The van der Waals surface area contributed by atoms with Crippen LogP contribution in [0.5, 0.6) is 0 Å². The molecule has 5 aromatic rings. The fourth-order valence-corrected chi connectivity index (χ4v) is 4.67. The Labute approximate surface area is 216 Å². The van der Waals surface area contributed by atoms with Crippen molar-refractivity contribution in [3.8, 4) is 22.5 Å². The number of alkyl halides is 1. The van der Waals surface area contributed by atoms with Gasteiger partial charge in [0.1, 0.15) is 18.0 Å². The fraction of sp³-hybridized carbons (Fsp3) is 0.269. The van der Waals surface area contributed by atoms with Crippen LogP contribution < -0.4 is 0 Å². The standard InChI is InChI=1S/C26H25BrFN7O/c1-4-24-29-22-13-21(27)23(14-28)30-26(22)34(24)15-17-9-11-18(12-10-17)19-7-5-6-8-20(19)25-31-32-33-35(25)16(2)36-3/h5-13,16H,4,14-15H2,1-3H3. The van der Waals surface area contributed by atoms with Gasteiger partial charge in [0.25, 0.3) is 0 Å². The summed E-state index contributed by atoms with van der Waals surface area (Å²) in [4.78, 5) is 9.25. The van der Waals surface area contributed by atoms with Crippen molar-refractivity contribution >= 4 is 27.1 Å². The zero-order chi connectivity index (χ0) is 25.2. The first-order valence-corrected chi connectivity index (χ1v) is 12.4. The second-order valence-corrected chi connectivity index (χ2v) is 9.24. The van der Waals surface area contributed by atoms with E-state index in [1.165, 1.54) is 0 Å². The van der Waals surface area contributed by atoms with Crippen LogP contribution in [0.3, 0.4) is 0 Å². The van der Waals surface area contributed by atoms with Crippen LogP contribution >= 0.6 is 15.9 Å². The van der Waals surface area contributed by atoms with Crippen molar-refractivity contribution in [2.24, 2.45) is 0 Å². The Morgan fingerprint density at radius 1 is 1.06 bits per heavy atom. The molecular weight excluding hydrogens is 525 g/mol.